The Hall–Kier alpha value is -2.66. The van der Waals surface area contributed by atoms with Gasteiger partial charge in [-0.15, -0.1) is 0 Å². The van der Waals surface area contributed by atoms with E-state index in [1.165, 1.54) is 0 Å². The van der Waals surface area contributed by atoms with Gasteiger partial charge in [-0.2, -0.15) is 5.10 Å². The summed E-state index contributed by atoms with van der Waals surface area (Å²) in [5.74, 6) is -0.237. The third-order valence-electron chi connectivity index (χ3n) is 3.32. The fourth-order valence-corrected chi connectivity index (χ4v) is 2.30. The van der Waals surface area contributed by atoms with Gasteiger partial charge in [-0.3, -0.25) is 14.9 Å². The molecular weight excluding hydrogens is 300 g/mol. The van der Waals surface area contributed by atoms with Crippen LogP contribution in [0.4, 0.5) is 5.69 Å². The molecule has 2 N–H and O–H groups in total. The summed E-state index contributed by atoms with van der Waals surface area (Å²) in [7, 11) is 0. The van der Waals surface area contributed by atoms with Crippen molar-refractivity contribution >= 4 is 23.2 Å². The maximum atomic E-state index is 12.4. The SMILES string of the molecule is Cc1c(Cl)cccc1C(=O)Nc1cn[nH]c1-c1ccccn1. The summed E-state index contributed by atoms with van der Waals surface area (Å²) >= 11 is 6.06. The van der Waals surface area contributed by atoms with Gasteiger partial charge in [0.1, 0.15) is 5.69 Å². The first-order valence-corrected chi connectivity index (χ1v) is 7.06. The quantitative estimate of drug-likeness (QED) is 0.775. The van der Waals surface area contributed by atoms with Gasteiger partial charge in [-0.1, -0.05) is 23.7 Å². The van der Waals surface area contributed by atoms with Crippen molar-refractivity contribution < 1.29 is 4.79 Å². The van der Waals surface area contributed by atoms with Crippen LogP contribution in [0.2, 0.25) is 5.02 Å². The van der Waals surface area contributed by atoms with E-state index in [0.717, 1.165) is 5.56 Å². The summed E-state index contributed by atoms with van der Waals surface area (Å²) in [6.07, 6.45) is 3.24. The van der Waals surface area contributed by atoms with E-state index < -0.39 is 0 Å². The van der Waals surface area contributed by atoms with Crippen molar-refractivity contribution in [3.8, 4) is 11.4 Å². The second-order valence-corrected chi connectivity index (χ2v) is 5.15. The van der Waals surface area contributed by atoms with E-state index in [1.54, 1.807) is 30.6 Å². The van der Waals surface area contributed by atoms with Crippen molar-refractivity contribution in [2.24, 2.45) is 0 Å². The summed E-state index contributed by atoms with van der Waals surface area (Å²) in [5, 5.41) is 10.2. The number of aromatic nitrogens is 3. The lowest BCUT2D eigenvalue weighted by Crippen LogP contribution is -2.13. The van der Waals surface area contributed by atoms with E-state index in [1.807, 2.05) is 25.1 Å². The van der Waals surface area contributed by atoms with Crippen LogP contribution >= 0.6 is 11.6 Å². The highest BCUT2D eigenvalue weighted by molar-refractivity contribution is 6.32. The van der Waals surface area contributed by atoms with Gasteiger partial charge in [-0.25, -0.2) is 0 Å². The van der Waals surface area contributed by atoms with E-state index in [-0.39, 0.29) is 5.91 Å². The first kappa shape index (κ1) is 14.3. The molecule has 0 aliphatic heterocycles. The number of aromatic amines is 1. The van der Waals surface area contributed by atoms with Crippen molar-refractivity contribution in [2.45, 2.75) is 6.92 Å². The van der Waals surface area contributed by atoms with Gasteiger partial charge < -0.3 is 5.32 Å². The van der Waals surface area contributed by atoms with Crippen molar-refractivity contribution in [1.82, 2.24) is 15.2 Å². The summed E-state index contributed by atoms with van der Waals surface area (Å²) in [6.45, 7) is 1.81. The van der Waals surface area contributed by atoms with Crippen molar-refractivity contribution in [1.29, 1.82) is 0 Å². The lowest BCUT2D eigenvalue weighted by molar-refractivity contribution is 0.102. The minimum atomic E-state index is -0.237. The lowest BCUT2D eigenvalue weighted by atomic mass is 10.1. The Balaban J connectivity index is 1.90. The van der Waals surface area contributed by atoms with E-state index in [4.69, 9.17) is 11.6 Å². The number of halogens is 1. The highest BCUT2D eigenvalue weighted by Crippen LogP contribution is 2.25. The molecule has 0 fully saturated rings. The Morgan fingerprint density at radius 3 is 2.86 bits per heavy atom. The Bertz CT molecular complexity index is 814. The molecule has 1 amide bonds. The van der Waals surface area contributed by atoms with Crippen LogP contribution in [0.5, 0.6) is 0 Å². The maximum Gasteiger partial charge on any atom is 0.256 e. The number of nitrogens with one attached hydrogen (secondary N) is 2. The highest BCUT2D eigenvalue weighted by Gasteiger charge is 2.15. The lowest BCUT2D eigenvalue weighted by Gasteiger charge is -2.08. The Kier molecular flexibility index (Phi) is 3.89. The van der Waals surface area contributed by atoms with Crippen LogP contribution in [-0.4, -0.2) is 21.1 Å². The fourth-order valence-electron chi connectivity index (χ4n) is 2.13. The first-order valence-electron chi connectivity index (χ1n) is 6.68. The number of pyridine rings is 1. The smallest absolute Gasteiger partial charge is 0.256 e. The van der Waals surface area contributed by atoms with Gasteiger partial charge in [0, 0.05) is 16.8 Å². The third-order valence-corrected chi connectivity index (χ3v) is 3.73. The second kappa shape index (κ2) is 5.99. The largest absolute Gasteiger partial charge is 0.319 e. The van der Waals surface area contributed by atoms with E-state index in [0.29, 0.717) is 27.7 Å². The number of anilines is 1. The number of hydrogen-bond acceptors (Lipinski definition) is 3. The summed E-state index contributed by atoms with van der Waals surface area (Å²) in [6, 6.07) is 10.8. The van der Waals surface area contributed by atoms with Gasteiger partial charge in [-0.05, 0) is 36.8 Å². The maximum absolute atomic E-state index is 12.4. The molecule has 6 heteroatoms. The van der Waals surface area contributed by atoms with Crippen LogP contribution in [0.1, 0.15) is 15.9 Å². The highest BCUT2D eigenvalue weighted by atomic mass is 35.5. The molecule has 0 saturated heterocycles. The third kappa shape index (κ3) is 2.71. The molecule has 0 radical (unpaired) electrons. The number of carbonyl (C=O) groups excluding carboxylic acids is 1. The van der Waals surface area contributed by atoms with Crippen molar-refractivity contribution in [2.75, 3.05) is 5.32 Å². The average molecular weight is 313 g/mol. The Morgan fingerprint density at radius 1 is 1.23 bits per heavy atom. The zero-order valence-electron chi connectivity index (χ0n) is 11.8. The van der Waals surface area contributed by atoms with Gasteiger partial charge >= 0.3 is 0 Å². The summed E-state index contributed by atoms with van der Waals surface area (Å²) in [5.41, 5.74) is 3.21. The molecule has 2 heterocycles. The number of nitrogens with zero attached hydrogens (tertiary/aromatic N) is 2. The Labute approximate surface area is 132 Å². The molecule has 0 spiro atoms. The number of hydrogen-bond donors (Lipinski definition) is 2. The molecule has 0 atom stereocenters. The minimum Gasteiger partial charge on any atom is -0.319 e. The van der Waals surface area contributed by atoms with Crippen molar-refractivity contribution in [3.63, 3.8) is 0 Å². The van der Waals surface area contributed by atoms with Gasteiger partial charge in [0.15, 0.2) is 0 Å². The molecule has 2 aromatic heterocycles. The molecule has 0 bridgehead atoms. The average Bonchev–Trinajstić information content (AvgIpc) is 2.99. The van der Waals surface area contributed by atoms with E-state index in [2.05, 4.69) is 20.5 Å². The van der Waals surface area contributed by atoms with E-state index >= 15 is 0 Å². The zero-order valence-corrected chi connectivity index (χ0v) is 12.6. The monoisotopic (exact) mass is 312 g/mol. The van der Waals surface area contributed by atoms with Gasteiger partial charge in [0.2, 0.25) is 0 Å². The topological polar surface area (TPSA) is 70.7 Å². The molecule has 0 saturated carbocycles. The van der Waals surface area contributed by atoms with Gasteiger partial charge in [0.25, 0.3) is 5.91 Å². The molecule has 0 aliphatic rings. The summed E-state index contributed by atoms with van der Waals surface area (Å²) in [4.78, 5) is 16.7. The molecule has 110 valence electrons. The number of rotatable bonds is 3. The molecule has 5 nitrogen and oxygen atoms in total. The predicted molar refractivity (Wildman–Crippen MR) is 86.0 cm³/mol. The second-order valence-electron chi connectivity index (χ2n) is 4.74. The molecule has 0 aliphatic carbocycles. The van der Waals surface area contributed by atoms with Crippen molar-refractivity contribution in [3.05, 3.63) is 64.9 Å². The molecule has 22 heavy (non-hydrogen) atoms. The fraction of sp³-hybridized carbons (Fsp3) is 0.0625. The van der Waals surface area contributed by atoms with E-state index in [9.17, 15) is 4.79 Å². The summed E-state index contributed by atoms with van der Waals surface area (Å²) < 4.78 is 0. The van der Waals surface area contributed by atoms with Crippen LogP contribution in [0.25, 0.3) is 11.4 Å². The zero-order chi connectivity index (χ0) is 15.5. The van der Waals surface area contributed by atoms with Gasteiger partial charge in [0.05, 0.1) is 17.6 Å². The molecule has 3 rings (SSSR count). The normalized spacial score (nSPS) is 10.5. The predicted octanol–water partition coefficient (Wildman–Crippen LogP) is 3.69. The number of benzene rings is 1. The number of carbonyl (C=O) groups is 1. The van der Waals surface area contributed by atoms with Crippen LogP contribution in [-0.2, 0) is 0 Å². The standard InChI is InChI=1S/C16H13ClN4O/c1-10-11(5-4-6-12(10)17)16(22)20-14-9-19-21-15(14)13-7-2-3-8-18-13/h2-9H,1H3,(H,19,21)(H,20,22). The molecule has 3 aromatic rings. The molecule has 0 unspecified atom stereocenters. The minimum absolute atomic E-state index is 0.237. The van der Waals surface area contributed by atoms with Crippen LogP contribution in [0, 0.1) is 6.92 Å². The van der Waals surface area contributed by atoms with Crippen LogP contribution in [0.3, 0.4) is 0 Å². The Morgan fingerprint density at radius 2 is 2.09 bits per heavy atom. The first-order chi connectivity index (χ1) is 10.7. The number of H-pyrrole nitrogens is 1. The molecular formula is C16H13ClN4O. The van der Waals surface area contributed by atoms with Crippen LogP contribution in [0.15, 0.2) is 48.8 Å². The van der Waals surface area contributed by atoms with Crippen LogP contribution < -0.4 is 5.32 Å². The number of amides is 1. The molecule has 1 aromatic carbocycles.